The van der Waals surface area contributed by atoms with Crippen molar-refractivity contribution in [2.45, 2.75) is 24.8 Å². The summed E-state index contributed by atoms with van der Waals surface area (Å²) in [4.78, 5) is 25.4. The zero-order chi connectivity index (χ0) is 23.4. The molecular formula is C20H23FN4O6S. The molecule has 32 heavy (non-hydrogen) atoms. The lowest BCUT2D eigenvalue weighted by atomic mass is 9.87. The van der Waals surface area contributed by atoms with Crippen LogP contribution in [-0.2, 0) is 17.1 Å². The molecule has 2 unspecified atom stereocenters. The number of sulfonamides is 1. The summed E-state index contributed by atoms with van der Waals surface area (Å²) < 4.78 is 49.5. The molecule has 2 aliphatic rings. The third-order valence-electron chi connectivity index (χ3n) is 5.93. The van der Waals surface area contributed by atoms with Gasteiger partial charge in [-0.1, -0.05) is 6.92 Å². The van der Waals surface area contributed by atoms with Gasteiger partial charge in [0, 0.05) is 37.4 Å². The van der Waals surface area contributed by atoms with E-state index in [0.29, 0.717) is 11.3 Å². The lowest BCUT2D eigenvalue weighted by Crippen LogP contribution is -2.49. The van der Waals surface area contributed by atoms with E-state index in [1.807, 2.05) is 0 Å². The number of likely N-dealkylation sites (tertiary alicyclic amines) is 1. The van der Waals surface area contributed by atoms with Crippen molar-refractivity contribution in [1.29, 1.82) is 0 Å². The van der Waals surface area contributed by atoms with Gasteiger partial charge in [-0.3, -0.25) is 4.79 Å². The maximum absolute atomic E-state index is 13.5. The molecule has 4 rings (SSSR count). The Morgan fingerprint density at radius 3 is 2.75 bits per heavy atom. The van der Waals surface area contributed by atoms with Crippen molar-refractivity contribution >= 4 is 27.7 Å². The molecule has 2 aliphatic heterocycles. The Balaban J connectivity index is 1.70. The molecule has 0 bridgehead atoms. The molecule has 0 saturated carbocycles. The predicted octanol–water partition coefficient (Wildman–Crippen LogP) is 1.76. The van der Waals surface area contributed by atoms with Crippen molar-refractivity contribution in [2.75, 3.05) is 25.0 Å². The number of ether oxygens (including phenoxy) is 1. The number of nitrogens with one attached hydrogen (secondary N) is 2. The van der Waals surface area contributed by atoms with Gasteiger partial charge in [-0.2, -0.15) is 0 Å². The van der Waals surface area contributed by atoms with Gasteiger partial charge in [0.15, 0.2) is 11.4 Å². The molecule has 10 nitrogen and oxygen atoms in total. The van der Waals surface area contributed by atoms with E-state index in [9.17, 15) is 27.5 Å². The van der Waals surface area contributed by atoms with Gasteiger partial charge in [0.05, 0.1) is 12.6 Å². The number of aryl methyl sites for hydroxylation is 2. The molecule has 1 saturated heterocycles. The number of anilines is 1. The molecule has 2 aromatic rings. The van der Waals surface area contributed by atoms with Crippen molar-refractivity contribution in [3.63, 3.8) is 0 Å². The van der Waals surface area contributed by atoms with E-state index in [1.165, 1.54) is 36.0 Å². The Morgan fingerprint density at radius 1 is 1.38 bits per heavy atom. The van der Waals surface area contributed by atoms with Crippen molar-refractivity contribution < 1.29 is 32.2 Å². The monoisotopic (exact) mass is 466 g/mol. The van der Waals surface area contributed by atoms with Crippen LogP contribution in [0.3, 0.4) is 0 Å². The summed E-state index contributed by atoms with van der Waals surface area (Å²) >= 11 is 0. The average molecular weight is 466 g/mol. The van der Waals surface area contributed by atoms with E-state index in [2.05, 4.69) is 10.0 Å². The van der Waals surface area contributed by atoms with Crippen LogP contribution in [-0.4, -0.2) is 60.7 Å². The second-order valence-corrected chi connectivity index (χ2v) is 10.2. The topological polar surface area (TPSA) is 130 Å². The van der Waals surface area contributed by atoms with Gasteiger partial charge in [0.25, 0.3) is 5.91 Å². The normalized spacial score (nSPS) is 24.0. The number of fused-ring (bicyclic) bond motifs is 2. The lowest BCUT2D eigenvalue weighted by Gasteiger charge is -2.32. The highest BCUT2D eigenvalue weighted by Crippen LogP contribution is 2.39. The highest BCUT2D eigenvalue weighted by Gasteiger charge is 2.49. The Labute approximate surface area is 184 Å². The molecular weight excluding hydrogens is 443 g/mol. The van der Waals surface area contributed by atoms with Crippen LogP contribution in [0.1, 0.15) is 23.0 Å². The molecule has 2 amide bonds. The molecule has 1 aromatic carbocycles. The van der Waals surface area contributed by atoms with Gasteiger partial charge in [-0.05, 0) is 30.7 Å². The predicted molar refractivity (Wildman–Crippen MR) is 112 cm³/mol. The molecule has 1 fully saturated rings. The Kier molecular flexibility index (Phi) is 5.17. The van der Waals surface area contributed by atoms with Crippen molar-refractivity contribution in [3.05, 3.63) is 41.5 Å². The molecule has 2 atom stereocenters. The minimum atomic E-state index is -4.11. The minimum Gasteiger partial charge on any atom is -0.489 e. The fourth-order valence-electron chi connectivity index (χ4n) is 4.09. The van der Waals surface area contributed by atoms with Crippen LogP contribution >= 0.6 is 0 Å². The van der Waals surface area contributed by atoms with Crippen LogP contribution in [0.4, 0.5) is 14.9 Å². The van der Waals surface area contributed by atoms with Gasteiger partial charge in [-0.15, -0.1) is 0 Å². The third kappa shape index (κ3) is 3.69. The number of carbonyl (C=O) groups is 2. The molecule has 12 heteroatoms. The Hall–Kier alpha value is -3.12. The van der Waals surface area contributed by atoms with Crippen LogP contribution in [0, 0.1) is 18.2 Å². The highest BCUT2D eigenvalue weighted by atomic mass is 32.2. The van der Waals surface area contributed by atoms with Gasteiger partial charge < -0.3 is 24.6 Å². The van der Waals surface area contributed by atoms with Crippen molar-refractivity contribution in [2.24, 2.45) is 12.5 Å². The smallest absolute Gasteiger partial charge is 0.407 e. The van der Waals surface area contributed by atoms with E-state index in [1.54, 1.807) is 13.8 Å². The quantitative estimate of drug-likeness (QED) is 0.619. The summed E-state index contributed by atoms with van der Waals surface area (Å²) in [5.74, 6) is -1.16. The number of hydrogen-bond donors (Lipinski definition) is 3. The largest absolute Gasteiger partial charge is 0.489 e. The number of rotatable bonds is 2. The molecule has 0 spiro atoms. The van der Waals surface area contributed by atoms with Crippen LogP contribution < -0.4 is 14.8 Å². The molecule has 172 valence electrons. The van der Waals surface area contributed by atoms with E-state index >= 15 is 0 Å². The maximum atomic E-state index is 13.5. The number of nitrogens with zero attached hydrogens (tertiary/aromatic N) is 2. The van der Waals surface area contributed by atoms with Gasteiger partial charge in [-0.25, -0.2) is 22.3 Å². The summed E-state index contributed by atoms with van der Waals surface area (Å²) in [5.41, 5.74) is -0.171. The first-order valence-electron chi connectivity index (χ1n) is 9.81. The standard InChI is InChI=1S/C20H23FN4O6S/c1-11-6-12(4-5-13(11)21)22-18(26)16-17-14(7-24(16)3)32(29,30)23-15-8-25(19(27)28)9-20(15,2)10-31-17/h4-7,15,23H,8-10H2,1-3H3,(H,22,26)(H,27,28). The SMILES string of the molecule is Cc1cc(NC(=O)c2c3c(cn2C)S(=O)(=O)NC2CN(C(=O)O)CC2(C)CO3)ccc1F. The van der Waals surface area contributed by atoms with E-state index in [-0.39, 0.29) is 36.0 Å². The summed E-state index contributed by atoms with van der Waals surface area (Å²) in [6.45, 7) is 3.36. The first-order chi connectivity index (χ1) is 14.9. The Morgan fingerprint density at radius 2 is 2.09 bits per heavy atom. The lowest BCUT2D eigenvalue weighted by molar-refractivity contribution is 0.100. The number of carbonyl (C=O) groups excluding carboxylic acids is 1. The fraction of sp³-hybridized carbons (Fsp3) is 0.400. The molecule has 1 aromatic heterocycles. The van der Waals surface area contributed by atoms with Crippen LogP contribution in [0.25, 0.3) is 0 Å². The van der Waals surface area contributed by atoms with Crippen molar-refractivity contribution in [3.8, 4) is 5.75 Å². The first-order valence-corrected chi connectivity index (χ1v) is 11.3. The number of hydrogen-bond acceptors (Lipinski definition) is 5. The summed E-state index contributed by atoms with van der Waals surface area (Å²) in [6.07, 6.45) is 0.125. The summed E-state index contributed by atoms with van der Waals surface area (Å²) in [5, 5.41) is 12.0. The number of halogens is 1. The molecule has 3 heterocycles. The number of amides is 2. The fourth-order valence-corrected chi connectivity index (χ4v) is 5.65. The van der Waals surface area contributed by atoms with Gasteiger partial charge in [0.2, 0.25) is 10.0 Å². The second kappa shape index (κ2) is 7.48. The Bertz CT molecular complexity index is 1230. The van der Waals surface area contributed by atoms with E-state index < -0.39 is 39.3 Å². The van der Waals surface area contributed by atoms with E-state index in [4.69, 9.17) is 4.74 Å². The third-order valence-corrected chi connectivity index (χ3v) is 7.40. The second-order valence-electron chi connectivity index (χ2n) is 8.48. The van der Waals surface area contributed by atoms with Crippen LogP contribution in [0.5, 0.6) is 5.75 Å². The molecule has 0 aliphatic carbocycles. The van der Waals surface area contributed by atoms with Gasteiger partial charge >= 0.3 is 6.09 Å². The first kappa shape index (κ1) is 22.1. The summed E-state index contributed by atoms with van der Waals surface area (Å²) in [7, 11) is -2.59. The highest BCUT2D eigenvalue weighted by molar-refractivity contribution is 7.89. The number of aromatic nitrogens is 1. The van der Waals surface area contributed by atoms with Crippen LogP contribution in [0.2, 0.25) is 0 Å². The summed E-state index contributed by atoms with van der Waals surface area (Å²) in [6, 6.07) is 3.40. The van der Waals surface area contributed by atoms with Crippen molar-refractivity contribution in [1.82, 2.24) is 14.2 Å². The molecule has 3 N–H and O–H groups in total. The van der Waals surface area contributed by atoms with Crippen LogP contribution in [0.15, 0.2) is 29.3 Å². The zero-order valence-electron chi connectivity index (χ0n) is 17.7. The van der Waals surface area contributed by atoms with Gasteiger partial charge in [0.1, 0.15) is 10.7 Å². The molecule has 0 radical (unpaired) electrons. The number of carboxylic acid groups (broad SMARTS) is 1. The average Bonchev–Trinajstić information content (AvgIpc) is 3.20. The van der Waals surface area contributed by atoms with E-state index in [0.717, 1.165) is 4.90 Å². The minimum absolute atomic E-state index is 0.00306. The zero-order valence-corrected chi connectivity index (χ0v) is 18.5. The maximum Gasteiger partial charge on any atom is 0.407 e. The number of benzene rings is 1.